The molecule has 0 aliphatic heterocycles. The zero-order chi connectivity index (χ0) is 15.7. The Labute approximate surface area is 129 Å². The number of carbonyl (C=O) groups excluding carboxylic acids is 1. The predicted octanol–water partition coefficient (Wildman–Crippen LogP) is 5.62. The molecule has 2 heteroatoms. The minimum atomic E-state index is 0.156. The van der Waals surface area contributed by atoms with Gasteiger partial charge in [-0.05, 0) is 36.0 Å². The van der Waals surface area contributed by atoms with E-state index in [9.17, 15) is 9.90 Å². The molecule has 0 fully saturated rings. The van der Waals surface area contributed by atoms with Crippen LogP contribution in [0.1, 0.15) is 93.1 Å². The summed E-state index contributed by atoms with van der Waals surface area (Å²) in [6.07, 6.45) is 10.8. The molecule has 1 rings (SSSR count). The minimum Gasteiger partial charge on any atom is -0.507 e. The van der Waals surface area contributed by atoms with Crippen LogP contribution >= 0.6 is 0 Å². The van der Waals surface area contributed by atoms with Gasteiger partial charge >= 0.3 is 0 Å². The standard InChI is InChI=1S/C19H30O2/c1-4-5-6-7-8-9-10-11-16-12-17(14-20)19(21)18(13-16)15(2)3/h12-15,21H,4-11H2,1-3H3. The molecule has 0 heterocycles. The van der Waals surface area contributed by atoms with E-state index in [1.165, 1.54) is 44.1 Å². The van der Waals surface area contributed by atoms with E-state index in [2.05, 4.69) is 13.0 Å². The lowest BCUT2D eigenvalue weighted by atomic mass is 9.94. The molecule has 1 N–H and O–H groups in total. The first kappa shape index (κ1) is 17.7. The molecule has 0 aromatic heterocycles. The van der Waals surface area contributed by atoms with Crippen molar-refractivity contribution >= 4 is 6.29 Å². The van der Waals surface area contributed by atoms with Crippen LogP contribution in [-0.4, -0.2) is 11.4 Å². The number of rotatable bonds is 10. The van der Waals surface area contributed by atoms with Gasteiger partial charge in [0.2, 0.25) is 0 Å². The smallest absolute Gasteiger partial charge is 0.153 e. The highest BCUT2D eigenvalue weighted by Gasteiger charge is 2.12. The first-order chi connectivity index (χ1) is 10.1. The van der Waals surface area contributed by atoms with Gasteiger partial charge in [0.15, 0.2) is 6.29 Å². The fourth-order valence-electron chi connectivity index (χ4n) is 2.71. The van der Waals surface area contributed by atoms with Gasteiger partial charge in [-0.1, -0.05) is 65.4 Å². The Hall–Kier alpha value is -1.31. The summed E-state index contributed by atoms with van der Waals surface area (Å²) in [7, 11) is 0. The molecule has 118 valence electrons. The van der Waals surface area contributed by atoms with Gasteiger partial charge in [0.25, 0.3) is 0 Å². The summed E-state index contributed by atoms with van der Waals surface area (Å²) in [5.74, 6) is 0.390. The quantitative estimate of drug-likeness (QED) is 0.448. The number of phenols is 1. The highest BCUT2D eigenvalue weighted by molar-refractivity contribution is 5.80. The molecule has 0 aliphatic carbocycles. The van der Waals surface area contributed by atoms with Crippen LogP contribution in [0.15, 0.2) is 12.1 Å². The molecule has 0 spiro atoms. The average molecular weight is 290 g/mol. The molecule has 0 saturated heterocycles. The van der Waals surface area contributed by atoms with Crippen molar-refractivity contribution in [3.8, 4) is 5.75 Å². The number of unbranched alkanes of at least 4 members (excludes halogenated alkanes) is 6. The van der Waals surface area contributed by atoms with Gasteiger partial charge in [0, 0.05) is 0 Å². The van der Waals surface area contributed by atoms with Gasteiger partial charge in [-0.2, -0.15) is 0 Å². The van der Waals surface area contributed by atoms with Crippen molar-refractivity contribution in [1.29, 1.82) is 0 Å². The van der Waals surface area contributed by atoms with Crippen LogP contribution in [0.25, 0.3) is 0 Å². The second kappa shape index (κ2) is 9.59. The molecule has 21 heavy (non-hydrogen) atoms. The Morgan fingerprint density at radius 3 is 2.24 bits per heavy atom. The number of aryl methyl sites for hydroxylation is 1. The third-order valence-electron chi connectivity index (χ3n) is 4.05. The van der Waals surface area contributed by atoms with Crippen molar-refractivity contribution in [2.24, 2.45) is 0 Å². The van der Waals surface area contributed by atoms with Crippen LogP contribution in [0.5, 0.6) is 5.75 Å². The molecule has 0 aliphatic rings. The number of aromatic hydroxyl groups is 1. The summed E-state index contributed by atoms with van der Waals surface area (Å²) in [6.45, 7) is 6.32. The number of benzene rings is 1. The third-order valence-corrected chi connectivity index (χ3v) is 4.05. The Kier molecular flexibility index (Phi) is 8.11. The van der Waals surface area contributed by atoms with E-state index in [1.54, 1.807) is 0 Å². The largest absolute Gasteiger partial charge is 0.507 e. The average Bonchev–Trinajstić information content (AvgIpc) is 2.47. The fraction of sp³-hybridized carbons (Fsp3) is 0.632. The van der Waals surface area contributed by atoms with E-state index in [4.69, 9.17) is 0 Å². The number of aldehydes is 1. The lowest BCUT2D eigenvalue weighted by Gasteiger charge is -2.13. The number of hydrogen-bond donors (Lipinski definition) is 1. The van der Waals surface area contributed by atoms with Gasteiger partial charge in [0.1, 0.15) is 5.75 Å². The molecular formula is C19H30O2. The van der Waals surface area contributed by atoms with Crippen LogP contribution < -0.4 is 0 Å². The van der Waals surface area contributed by atoms with Crippen LogP contribution in [0, 0.1) is 0 Å². The van der Waals surface area contributed by atoms with E-state index in [1.807, 2.05) is 19.9 Å². The van der Waals surface area contributed by atoms with Gasteiger partial charge in [-0.3, -0.25) is 4.79 Å². The lowest BCUT2D eigenvalue weighted by Crippen LogP contribution is -1.97. The van der Waals surface area contributed by atoms with Crippen molar-refractivity contribution in [2.45, 2.75) is 78.1 Å². The second-order valence-corrected chi connectivity index (χ2v) is 6.27. The Morgan fingerprint density at radius 2 is 1.67 bits per heavy atom. The van der Waals surface area contributed by atoms with E-state index in [0.717, 1.165) is 24.7 Å². The van der Waals surface area contributed by atoms with Gasteiger partial charge in [0.05, 0.1) is 5.56 Å². The van der Waals surface area contributed by atoms with Crippen LogP contribution in [-0.2, 0) is 6.42 Å². The van der Waals surface area contributed by atoms with Crippen molar-refractivity contribution in [2.75, 3.05) is 0 Å². The molecule has 0 bridgehead atoms. The first-order valence-corrected chi connectivity index (χ1v) is 8.41. The van der Waals surface area contributed by atoms with Gasteiger partial charge in [-0.15, -0.1) is 0 Å². The minimum absolute atomic E-state index is 0.156. The highest BCUT2D eigenvalue weighted by Crippen LogP contribution is 2.30. The van der Waals surface area contributed by atoms with Gasteiger partial charge < -0.3 is 5.11 Å². The topological polar surface area (TPSA) is 37.3 Å². The maximum atomic E-state index is 11.1. The monoisotopic (exact) mass is 290 g/mol. The molecule has 1 aromatic carbocycles. The number of hydrogen-bond acceptors (Lipinski definition) is 2. The summed E-state index contributed by atoms with van der Waals surface area (Å²) in [4.78, 5) is 11.1. The Bertz CT molecular complexity index is 435. The SMILES string of the molecule is CCCCCCCCCc1cc(C=O)c(O)c(C(C)C)c1. The maximum Gasteiger partial charge on any atom is 0.153 e. The lowest BCUT2D eigenvalue weighted by molar-refractivity contribution is 0.112. The zero-order valence-corrected chi connectivity index (χ0v) is 13.8. The van der Waals surface area contributed by atoms with Crippen LogP contribution in [0.2, 0.25) is 0 Å². The molecule has 0 unspecified atom stereocenters. The van der Waals surface area contributed by atoms with Crippen LogP contribution in [0.3, 0.4) is 0 Å². The van der Waals surface area contributed by atoms with Gasteiger partial charge in [-0.25, -0.2) is 0 Å². The summed E-state index contributed by atoms with van der Waals surface area (Å²) in [6, 6.07) is 3.90. The number of phenolic OH excluding ortho intramolecular Hbond substituents is 1. The highest BCUT2D eigenvalue weighted by atomic mass is 16.3. The molecule has 2 nitrogen and oxygen atoms in total. The van der Waals surface area contributed by atoms with E-state index >= 15 is 0 Å². The Morgan fingerprint density at radius 1 is 1.05 bits per heavy atom. The molecule has 1 aromatic rings. The van der Waals surface area contributed by atoms with Crippen LogP contribution in [0.4, 0.5) is 0 Å². The van der Waals surface area contributed by atoms with E-state index < -0.39 is 0 Å². The zero-order valence-electron chi connectivity index (χ0n) is 13.8. The summed E-state index contributed by atoms with van der Waals surface area (Å²) in [5.41, 5.74) is 2.49. The Balaban J connectivity index is 2.51. The first-order valence-electron chi connectivity index (χ1n) is 8.41. The molecule has 0 atom stereocenters. The fourth-order valence-corrected chi connectivity index (χ4v) is 2.71. The predicted molar refractivity (Wildman–Crippen MR) is 89.3 cm³/mol. The third kappa shape index (κ3) is 5.91. The maximum absolute atomic E-state index is 11.1. The van der Waals surface area contributed by atoms with Crippen molar-refractivity contribution in [1.82, 2.24) is 0 Å². The summed E-state index contributed by atoms with van der Waals surface area (Å²) >= 11 is 0. The molecule has 0 saturated carbocycles. The second-order valence-electron chi connectivity index (χ2n) is 6.27. The van der Waals surface area contributed by atoms with E-state index in [0.29, 0.717) is 5.56 Å². The molecule has 0 amide bonds. The normalized spacial score (nSPS) is 11.0. The van der Waals surface area contributed by atoms with Crippen molar-refractivity contribution < 1.29 is 9.90 Å². The molecular weight excluding hydrogens is 260 g/mol. The van der Waals surface area contributed by atoms with Crippen molar-refractivity contribution in [3.63, 3.8) is 0 Å². The summed E-state index contributed by atoms with van der Waals surface area (Å²) < 4.78 is 0. The summed E-state index contributed by atoms with van der Waals surface area (Å²) in [5, 5.41) is 10.0. The molecule has 0 radical (unpaired) electrons. The van der Waals surface area contributed by atoms with Crippen molar-refractivity contribution in [3.05, 3.63) is 28.8 Å². The number of carbonyl (C=O) groups is 1. The van der Waals surface area contributed by atoms with E-state index in [-0.39, 0.29) is 11.7 Å².